The second-order valence-corrected chi connectivity index (χ2v) is 5.64. The first-order valence-electron chi connectivity index (χ1n) is 4.58. The SMILES string of the molecule is C[Se]C(=O)N[C@H](C)NC(=O)OC(C)(C)C. The maximum absolute atomic E-state index is 11.3. The molecule has 0 fully saturated rings. The third kappa shape index (κ3) is 8.27. The van der Waals surface area contributed by atoms with Crippen molar-refractivity contribution in [2.24, 2.45) is 0 Å². The van der Waals surface area contributed by atoms with E-state index in [9.17, 15) is 9.59 Å². The molecule has 0 aliphatic carbocycles. The van der Waals surface area contributed by atoms with Crippen molar-refractivity contribution >= 4 is 25.9 Å². The average Bonchev–Trinajstić information content (AvgIpc) is 1.99. The molecule has 5 nitrogen and oxygen atoms in total. The van der Waals surface area contributed by atoms with Crippen molar-refractivity contribution in [1.82, 2.24) is 10.6 Å². The molecule has 0 saturated heterocycles. The van der Waals surface area contributed by atoms with Gasteiger partial charge in [0.2, 0.25) is 0 Å². The van der Waals surface area contributed by atoms with E-state index in [1.54, 1.807) is 27.7 Å². The molecule has 0 aromatic carbocycles. The Bertz CT molecular complexity index is 238. The van der Waals surface area contributed by atoms with E-state index in [0.29, 0.717) is 0 Å². The zero-order valence-electron chi connectivity index (χ0n) is 9.71. The van der Waals surface area contributed by atoms with Crippen LogP contribution in [0.25, 0.3) is 0 Å². The number of nitrogens with one attached hydrogen (secondary N) is 2. The Kier molecular flexibility index (Phi) is 5.68. The molecule has 0 aromatic heterocycles. The van der Waals surface area contributed by atoms with Crippen molar-refractivity contribution in [1.29, 1.82) is 0 Å². The Morgan fingerprint density at radius 3 is 2.20 bits per heavy atom. The second-order valence-electron chi connectivity index (χ2n) is 4.00. The second kappa shape index (κ2) is 5.98. The molecule has 15 heavy (non-hydrogen) atoms. The van der Waals surface area contributed by atoms with Crippen LogP contribution in [-0.2, 0) is 4.74 Å². The van der Waals surface area contributed by atoms with Crippen molar-refractivity contribution < 1.29 is 14.3 Å². The number of rotatable bonds is 3. The van der Waals surface area contributed by atoms with Gasteiger partial charge >= 0.3 is 96.1 Å². The monoisotopic (exact) mass is 282 g/mol. The Morgan fingerprint density at radius 2 is 1.80 bits per heavy atom. The van der Waals surface area contributed by atoms with E-state index in [-0.39, 0.29) is 19.8 Å². The van der Waals surface area contributed by atoms with E-state index in [0.717, 1.165) is 0 Å². The molecule has 0 radical (unpaired) electrons. The van der Waals surface area contributed by atoms with Crippen molar-refractivity contribution in [2.75, 3.05) is 0 Å². The molecule has 88 valence electrons. The van der Waals surface area contributed by atoms with Gasteiger partial charge in [-0.05, 0) is 0 Å². The normalized spacial score (nSPS) is 12.9. The number of ether oxygens (including phenoxy) is 1. The zero-order valence-corrected chi connectivity index (χ0v) is 11.4. The van der Waals surface area contributed by atoms with Crippen molar-refractivity contribution in [3.8, 4) is 0 Å². The van der Waals surface area contributed by atoms with E-state index in [4.69, 9.17) is 4.74 Å². The van der Waals surface area contributed by atoms with Crippen molar-refractivity contribution in [3.63, 3.8) is 0 Å². The minimum atomic E-state index is -0.529. The molecule has 0 rings (SSSR count). The van der Waals surface area contributed by atoms with Crippen LogP contribution in [0.3, 0.4) is 0 Å². The van der Waals surface area contributed by atoms with Gasteiger partial charge in [0.15, 0.2) is 0 Å². The Hall–Kier alpha value is -0.741. The molecular formula is C9H18N2O3Se. The molecule has 0 saturated carbocycles. The fraction of sp³-hybridized carbons (Fsp3) is 0.778. The van der Waals surface area contributed by atoms with Gasteiger partial charge in [-0.25, -0.2) is 0 Å². The minimum absolute atomic E-state index is 0.0499. The summed E-state index contributed by atoms with van der Waals surface area (Å²) in [4.78, 5) is 22.2. The van der Waals surface area contributed by atoms with Gasteiger partial charge in [-0.15, -0.1) is 0 Å². The molecule has 0 heterocycles. The van der Waals surface area contributed by atoms with Gasteiger partial charge in [0.1, 0.15) is 0 Å². The molecule has 0 spiro atoms. The summed E-state index contributed by atoms with van der Waals surface area (Å²) < 4.78 is 5.03. The number of carbonyl (C=O) groups excluding carboxylic acids is 2. The first-order chi connectivity index (χ1) is 6.74. The molecule has 0 bridgehead atoms. The van der Waals surface area contributed by atoms with E-state index in [1.165, 1.54) is 0 Å². The van der Waals surface area contributed by atoms with Gasteiger partial charge in [-0.1, -0.05) is 0 Å². The predicted molar refractivity (Wildman–Crippen MR) is 59.0 cm³/mol. The van der Waals surface area contributed by atoms with Gasteiger partial charge in [0.25, 0.3) is 0 Å². The van der Waals surface area contributed by atoms with Crippen LogP contribution in [0, 0.1) is 0 Å². The van der Waals surface area contributed by atoms with Crippen LogP contribution >= 0.6 is 0 Å². The van der Waals surface area contributed by atoms with Gasteiger partial charge in [-0.3, -0.25) is 0 Å². The van der Waals surface area contributed by atoms with Crippen LogP contribution in [0.1, 0.15) is 27.7 Å². The summed E-state index contributed by atoms with van der Waals surface area (Å²) in [6.07, 6.45) is -0.937. The van der Waals surface area contributed by atoms with Crippen molar-refractivity contribution in [3.05, 3.63) is 0 Å². The van der Waals surface area contributed by atoms with Gasteiger partial charge < -0.3 is 0 Å². The first-order valence-corrected chi connectivity index (χ1v) is 7.15. The number of carbonyl (C=O) groups is 2. The Labute approximate surface area is 96.5 Å². The third-order valence-electron chi connectivity index (χ3n) is 1.25. The molecule has 0 aliphatic heterocycles. The van der Waals surface area contributed by atoms with E-state index in [2.05, 4.69) is 10.6 Å². The van der Waals surface area contributed by atoms with Crippen LogP contribution in [0.2, 0.25) is 5.82 Å². The molecule has 0 aliphatic rings. The molecule has 2 amide bonds. The third-order valence-corrected chi connectivity index (χ3v) is 2.28. The summed E-state index contributed by atoms with van der Waals surface area (Å²) in [6.45, 7) is 7.04. The van der Waals surface area contributed by atoms with Crippen molar-refractivity contribution in [2.45, 2.75) is 45.3 Å². The quantitative estimate of drug-likeness (QED) is 0.605. The Morgan fingerprint density at radius 1 is 1.27 bits per heavy atom. The van der Waals surface area contributed by atoms with E-state index < -0.39 is 17.9 Å². The number of hydrogen-bond acceptors (Lipinski definition) is 3. The molecular weight excluding hydrogens is 263 g/mol. The summed E-state index contributed by atoms with van der Waals surface area (Å²) in [5.41, 5.74) is -0.525. The molecule has 0 aromatic rings. The van der Waals surface area contributed by atoms with Crippen LogP contribution in [0.15, 0.2) is 0 Å². The first kappa shape index (κ1) is 14.3. The molecule has 2 N–H and O–H groups in total. The Balaban J connectivity index is 3.92. The maximum atomic E-state index is 11.3. The zero-order chi connectivity index (χ0) is 12.1. The van der Waals surface area contributed by atoms with E-state index in [1.807, 2.05) is 5.82 Å². The summed E-state index contributed by atoms with van der Waals surface area (Å²) in [5, 5.41) is 5.14. The summed E-state index contributed by atoms with van der Waals surface area (Å²) in [6, 6.07) is 0. The fourth-order valence-electron chi connectivity index (χ4n) is 0.756. The topological polar surface area (TPSA) is 67.4 Å². The average molecular weight is 281 g/mol. The standard InChI is InChI=1S/C9H18N2O3Se/c1-6(11-8(13)15-5)10-7(12)14-9(2,3)4/h6H,1-5H3,(H,10,12)(H,11,13)/t6-/m1/s1. The van der Waals surface area contributed by atoms with Gasteiger partial charge in [0, 0.05) is 0 Å². The van der Waals surface area contributed by atoms with Crippen LogP contribution in [0.4, 0.5) is 9.59 Å². The number of amides is 2. The predicted octanol–water partition coefficient (Wildman–Crippen LogP) is 1.32. The summed E-state index contributed by atoms with van der Waals surface area (Å²) in [5.74, 6) is 1.81. The number of hydrogen-bond donors (Lipinski definition) is 2. The number of alkyl carbamates (subject to hydrolysis) is 1. The van der Waals surface area contributed by atoms with Crippen LogP contribution < -0.4 is 10.6 Å². The molecule has 6 heteroatoms. The van der Waals surface area contributed by atoms with Crippen LogP contribution in [0.5, 0.6) is 0 Å². The van der Waals surface area contributed by atoms with Gasteiger partial charge in [0.05, 0.1) is 0 Å². The molecule has 1 atom stereocenters. The van der Waals surface area contributed by atoms with Gasteiger partial charge in [-0.2, -0.15) is 0 Å². The summed E-state index contributed by atoms with van der Waals surface area (Å²) in [7, 11) is 0. The van der Waals surface area contributed by atoms with E-state index >= 15 is 0 Å². The summed E-state index contributed by atoms with van der Waals surface area (Å²) >= 11 is -0.107. The fourth-order valence-corrected chi connectivity index (χ4v) is 1.37. The molecule has 0 unspecified atom stereocenters. The van der Waals surface area contributed by atoms with Crippen LogP contribution in [-0.4, -0.2) is 37.6 Å².